The summed E-state index contributed by atoms with van der Waals surface area (Å²) in [5.74, 6) is 2.12. The second-order valence-corrected chi connectivity index (χ2v) is 8.97. The molecule has 35 heavy (non-hydrogen) atoms. The molecule has 3 aromatic carbocycles. The number of carbonyl (C=O) groups is 1. The van der Waals surface area contributed by atoms with Gasteiger partial charge in [-0.3, -0.25) is 9.36 Å². The Balaban J connectivity index is 1.69. The van der Waals surface area contributed by atoms with Crippen LogP contribution in [0.25, 0.3) is 17.1 Å². The highest BCUT2D eigenvalue weighted by Gasteiger charge is 2.22. The van der Waals surface area contributed by atoms with Crippen molar-refractivity contribution >= 4 is 23.4 Å². The van der Waals surface area contributed by atoms with Crippen molar-refractivity contribution in [1.82, 2.24) is 14.8 Å². The fourth-order valence-corrected chi connectivity index (χ4v) is 4.66. The van der Waals surface area contributed by atoms with Crippen LogP contribution in [0.3, 0.4) is 0 Å². The Morgan fingerprint density at radius 3 is 2.20 bits per heavy atom. The van der Waals surface area contributed by atoms with Crippen LogP contribution in [0.15, 0.2) is 84.0 Å². The fraction of sp³-hybridized carbons (Fsp3) is 0.222. The monoisotopic (exact) mass is 488 g/mol. The number of carbonyl (C=O) groups excluding carboxylic acids is 1. The highest BCUT2D eigenvalue weighted by atomic mass is 32.2. The molecule has 1 aromatic heterocycles. The summed E-state index contributed by atoms with van der Waals surface area (Å²) in [7, 11) is 3.20. The van der Waals surface area contributed by atoms with Crippen LogP contribution in [0, 0.1) is 0 Å². The van der Waals surface area contributed by atoms with Crippen LogP contribution < -0.4 is 14.4 Å². The number of hydrogen-bond acceptors (Lipinski definition) is 6. The van der Waals surface area contributed by atoms with E-state index in [1.54, 1.807) is 14.2 Å². The molecule has 0 bridgehead atoms. The molecule has 0 radical (unpaired) electrons. The van der Waals surface area contributed by atoms with Gasteiger partial charge in [-0.2, -0.15) is 0 Å². The first-order valence-corrected chi connectivity index (χ1v) is 12.2. The highest BCUT2D eigenvalue weighted by molar-refractivity contribution is 7.99. The van der Waals surface area contributed by atoms with Crippen molar-refractivity contribution in [2.24, 2.45) is 0 Å². The van der Waals surface area contributed by atoms with E-state index in [0.717, 1.165) is 16.9 Å². The molecule has 4 aromatic rings. The SMILES string of the molecule is COc1ccc(-n2c(SCC(=O)N(c3ccccc3)C(C)C)nnc2-c2ccccc2)cc1OC. The van der Waals surface area contributed by atoms with Crippen LogP contribution in [0.4, 0.5) is 5.69 Å². The smallest absolute Gasteiger partial charge is 0.237 e. The van der Waals surface area contributed by atoms with Crippen LogP contribution in [0.2, 0.25) is 0 Å². The number of amides is 1. The van der Waals surface area contributed by atoms with E-state index in [1.165, 1.54) is 11.8 Å². The van der Waals surface area contributed by atoms with E-state index in [2.05, 4.69) is 10.2 Å². The largest absolute Gasteiger partial charge is 0.493 e. The number of methoxy groups -OCH3 is 2. The molecular formula is C27H28N4O3S. The molecule has 1 heterocycles. The van der Waals surface area contributed by atoms with Gasteiger partial charge in [0.15, 0.2) is 22.5 Å². The number of anilines is 1. The third kappa shape index (κ3) is 5.33. The molecule has 8 heteroatoms. The van der Waals surface area contributed by atoms with E-state index in [-0.39, 0.29) is 17.7 Å². The number of para-hydroxylation sites is 1. The summed E-state index contributed by atoms with van der Waals surface area (Å²) in [5.41, 5.74) is 2.60. The Hall–Kier alpha value is -3.78. The lowest BCUT2D eigenvalue weighted by molar-refractivity contribution is -0.116. The molecule has 7 nitrogen and oxygen atoms in total. The average Bonchev–Trinajstić information content (AvgIpc) is 3.32. The first-order chi connectivity index (χ1) is 17.0. The predicted octanol–water partition coefficient (Wildman–Crippen LogP) is 5.49. The summed E-state index contributed by atoms with van der Waals surface area (Å²) < 4.78 is 12.9. The standard InChI is InChI=1S/C27H28N4O3S/c1-19(2)30(21-13-9-6-10-14-21)25(32)18-35-27-29-28-26(20-11-7-5-8-12-20)31(27)22-15-16-23(33-3)24(17-22)34-4/h5-17,19H,18H2,1-4H3. The molecule has 0 N–H and O–H groups in total. The van der Waals surface area contributed by atoms with Crippen LogP contribution >= 0.6 is 11.8 Å². The van der Waals surface area contributed by atoms with Gasteiger partial charge >= 0.3 is 0 Å². The Kier molecular flexibility index (Phi) is 7.72. The van der Waals surface area contributed by atoms with Crippen LogP contribution in [0.5, 0.6) is 11.5 Å². The summed E-state index contributed by atoms with van der Waals surface area (Å²) in [4.78, 5) is 15.1. The van der Waals surface area contributed by atoms with Gasteiger partial charge in [-0.15, -0.1) is 10.2 Å². The molecule has 180 valence electrons. The zero-order chi connectivity index (χ0) is 24.8. The highest BCUT2D eigenvalue weighted by Crippen LogP contribution is 2.34. The Bertz CT molecular complexity index is 1280. The minimum absolute atomic E-state index is 0.000627. The van der Waals surface area contributed by atoms with E-state index in [9.17, 15) is 4.79 Å². The summed E-state index contributed by atoms with van der Waals surface area (Å²) in [5, 5.41) is 9.53. The maximum Gasteiger partial charge on any atom is 0.237 e. The molecule has 0 aliphatic heterocycles. The number of benzene rings is 3. The maximum absolute atomic E-state index is 13.3. The van der Waals surface area contributed by atoms with Crippen molar-refractivity contribution in [2.45, 2.75) is 25.0 Å². The van der Waals surface area contributed by atoms with E-state index in [0.29, 0.717) is 22.5 Å². The van der Waals surface area contributed by atoms with E-state index in [4.69, 9.17) is 9.47 Å². The minimum atomic E-state index is -0.000627. The summed E-state index contributed by atoms with van der Waals surface area (Å²) in [6.07, 6.45) is 0. The van der Waals surface area contributed by atoms with Gasteiger partial charge in [-0.25, -0.2) is 0 Å². The van der Waals surface area contributed by atoms with Gasteiger partial charge < -0.3 is 14.4 Å². The van der Waals surface area contributed by atoms with E-state index >= 15 is 0 Å². The molecule has 1 amide bonds. The molecule has 0 fully saturated rings. The predicted molar refractivity (Wildman–Crippen MR) is 140 cm³/mol. The first-order valence-electron chi connectivity index (χ1n) is 11.3. The van der Waals surface area contributed by atoms with Gasteiger partial charge in [-0.1, -0.05) is 60.3 Å². The summed E-state index contributed by atoms with van der Waals surface area (Å²) in [6, 6.07) is 25.2. The van der Waals surface area contributed by atoms with Crippen molar-refractivity contribution in [3.8, 4) is 28.6 Å². The number of aromatic nitrogens is 3. The molecule has 0 aliphatic carbocycles. The summed E-state index contributed by atoms with van der Waals surface area (Å²) in [6.45, 7) is 4.02. The van der Waals surface area contributed by atoms with Gasteiger partial charge in [0, 0.05) is 23.4 Å². The number of nitrogens with zero attached hydrogens (tertiary/aromatic N) is 4. The molecule has 0 aliphatic rings. The second kappa shape index (κ2) is 11.1. The van der Waals surface area contributed by atoms with Crippen LogP contribution in [-0.2, 0) is 4.79 Å². The first kappa shape index (κ1) is 24.3. The Labute approximate surface area is 209 Å². The number of hydrogen-bond donors (Lipinski definition) is 0. The van der Waals surface area contributed by atoms with Crippen molar-refractivity contribution in [3.05, 3.63) is 78.9 Å². The fourth-order valence-electron chi connectivity index (χ4n) is 3.85. The van der Waals surface area contributed by atoms with Gasteiger partial charge in [0.05, 0.1) is 25.7 Å². The number of ether oxygens (including phenoxy) is 2. The van der Waals surface area contributed by atoms with Crippen molar-refractivity contribution in [3.63, 3.8) is 0 Å². The lowest BCUT2D eigenvalue weighted by atomic mass is 10.2. The molecule has 4 rings (SSSR count). The number of rotatable bonds is 9. The molecule has 0 spiro atoms. The zero-order valence-electron chi connectivity index (χ0n) is 20.2. The van der Waals surface area contributed by atoms with Gasteiger partial charge in [0.2, 0.25) is 5.91 Å². The Morgan fingerprint density at radius 1 is 0.914 bits per heavy atom. The molecule has 0 unspecified atom stereocenters. The lowest BCUT2D eigenvalue weighted by Crippen LogP contribution is -2.38. The van der Waals surface area contributed by atoms with E-state index in [1.807, 2.05) is 102 Å². The normalized spacial score (nSPS) is 10.9. The quantitative estimate of drug-likeness (QED) is 0.290. The van der Waals surface area contributed by atoms with Gasteiger partial charge in [-0.05, 0) is 38.1 Å². The maximum atomic E-state index is 13.3. The molecule has 0 saturated heterocycles. The molecular weight excluding hydrogens is 460 g/mol. The minimum Gasteiger partial charge on any atom is -0.493 e. The third-order valence-electron chi connectivity index (χ3n) is 5.43. The summed E-state index contributed by atoms with van der Waals surface area (Å²) >= 11 is 1.36. The van der Waals surface area contributed by atoms with Gasteiger partial charge in [0.25, 0.3) is 0 Å². The van der Waals surface area contributed by atoms with Gasteiger partial charge in [0.1, 0.15) is 0 Å². The van der Waals surface area contributed by atoms with E-state index < -0.39 is 0 Å². The second-order valence-electron chi connectivity index (χ2n) is 8.03. The topological polar surface area (TPSA) is 69.5 Å². The lowest BCUT2D eigenvalue weighted by Gasteiger charge is -2.26. The Morgan fingerprint density at radius 2 is 1.57 bits per heavy atom. The molecule has 0 atom stereocenters. The average molecular weight is 489 g/mol. The van der Waals surface area contributed by atoms with Crippen molar-refractivity contribution < 1.29 is 14.3 Å². The van der Waals surface area contributed by atoms with Crippen molar-refractivity contribution in [2.75, 3.05) is 24.9 Å². The molecule has 0 saturated carbocycles. The zero-order valence-corrected chi connectivity index (χ0v) is 21.0. The number of thioether (sulfide) groups is 1. The third-order valence-corrected chi connectivity index (χ3v) is 6.35. The van der Waals surface area contributed by atoms with Crippen molar-refractivity contribution in [1.29, 1.82) is 0 Å². The van der Waals surface area contributed by atoms with Crippen LogP contribution in [-0.4, -0.2) is 46.7 Å². The van der Waals surface area contributed by atoms with Crippen LogP contribution in [0.1, 0.15) is 13.8 Å².